The number of rotatable bonds is 7. The van der Waals surface area contributed by atoms with Crippen molar-refractivity contribution in [1.82, 2.24) is 14.4 Å². The summed E-state index contributed by atoms with van der Waals surface area (Å²) in [5, 5.41) is 1.20. The van der Waals surface area contributed by atoms with Crippen LogP contribution in [-0.2, 0) is 24.4 Å². The number of hydrogen-bond acceptors (Lipinski definition) is 4. The standard InChI is InChI=1S/C24H30N4O2/c1-18-13-26(14-19-6-5-7-21(12-19)30-2)10-11-27(18)15-20-16-28(17-24(25)29)23-9-4-3-8-22(20)23/h3-9,12,16,18H,10-11,13-15,17H2,1-2H3,(H2,25,29)/t18-/m0/s1. The minimum Gasteiger partial charge on any atom is -0.497 e. The van der Waals surface area contributed by atoms with Crippen molar-refractivity contribution in [1.29, 1.82) is 0 Å². The summed E-state index contributed by atoms with van der Waals surface area (Å²) in [6.07, 6.45) is 2.09. The molecule has 2 N–H and O–H groups in total. The van der Waals surface area contributed by atoms with E-state index in [9.17, 15) is 4.79 Å². The highest BCUT2D eigenvalue weighted by atomic mass is 16.5. The van der Waals surface area contributed by atoms with Gasteiger partial charge in [-0.1, -0.05) is 30.3 Å². The van der Waals surface area contributed by atoms with Crippen molar-refractivity contribution < 1.29 is 9.53 Å². The van der Waals surface area contributed by atoms with Crippen LogP contribution in [0.3, 0.4) is 0 Å². The topological polar surface area (TPSA) is 63.7 Å². The molecule has 0 unspecified atom stereocenters. The van der Waals surface area contributed by atoms with Gasteiger partial charge >= 0.3 is 0 Å². The Kier molecular flexibility index (Phi) is 6.06. The van der Waals surface area contributed by atoms with Gasteiger partial charge in [-0.2, -0.15) is 0 Å². The maximum atomic E-state index is 11.5. The molecule has 158 valence electrons. The van der Waals surface area contributed by atoms with Gasteiger partial charge in [0.15, 0.2) is 0 Å². The zero-order valence-electron chi connectivity index (χ0n) is 17.8. The molecule has 0 radical (unpaired) electrons. The minimum absolute atomic E-state index is 0.213. The average Bonchev–Trinajstić information content (AvgIpc) is 3.07. The van der Waals surface area contributed by atoms with Crippen molar-refractivity contribution >= 4 is 16.8 Å². The van der Waals surface area contributed by atoms with E-state index in [0.29, 0.717) is 6.04 Å². The number of methoxy groups -OCH3 is 1. The number of benzene rings is 2. The van der Waals surface area contributed by atoms with Gasteiger partial charge in [-0.25, -0.2) is 0 Å². The largest absolute Gasteiger partial charge is 0.497 e. The monoisotopic (exact) mass is 406 g/mol. The number of piperazine rings is 1. The zero-order chi connectivity index (χ0) is 21.1. The van der Waals surface area contributed by atoms with Gasteiger partial charge in [0.05, 0.1) is 7.11 Å². The number of carbonyl (C=O) groups excluding carboxylic acids is 1. The van der Waals surface area contributed by atoms with Crippen LogP contribution in [0, 0.1) is 0 Å². The van der Waals surface area contributed by atoms with E-state index >= 15 is 0 Å². The van der Waals surface area contributed by atoms with E-state index in [2.05, 4.69) is 59.3 Å². The van der Waals surface area contributed by atoms with Crippen LogP contribution in [-0.4, -0.2) is 53.1 Å². The van der Waals surface area contributed by atoms with Crippen molar-refractivity contribution in [3.05, 3.63) is 65.9 Å². The molecule has 1 fully saturated rings. The molecule has 1 saturated heterocycles. The lowest BCUT2D eigenvalue weighted by Gasteiger charge is -2.40. The fourth-order valence-electron chi connectivity index (χ4n) is 4.44. The molecular formula is C24H30N4O2. The van der Waals surface area contributed by atoms with Gasteiger partial charge in [0, 0.05) is 55.9 Å². The van der Waals surface area contributed by atoms with Crippen molar-refractivity contribution in [3.8, 4) is 5.75 Å². The number of carbonyl (C=O) groups is 1. The van der Waals surface area contributed by atoms with Crippen molar-refractivity contribution in [2.45, 2.75) is 32.6 Å². The smallest absolute Gasteiger partial charge is 0.237 e. The molecule has 1 atom stereocenters. The first-order valence-electron chi connectivity index (χ1n) is 10.5. The molecule has 0 bridgehead atoms. The van der Waals surface area contributed by atoms with E-state index in [4.69, 9.17) is 10.5 Å². The lowest BCUT2D eigenvalue weighted by Crippen LogP contribution is -2.50. The predicted molar refractivity (Wildman–Crippen MR) is 119 cm³/mol. The molecule has 0 saturated carbocycles. The Balaban J connectivity index is 1.44. The molecule has 1 aromatic heterocycles. The third-order valence-electron chi connectivity index (χ3n) is 5.96. The number of aromatic nitrogens is 1. The van der Waals surface area contributed by atoms with Crippen LogP contribution in [0.5, 0.6) is 5.75 Å². The van der Waals surface area contributed by atoms with Crippen LogP contribution in [0.25, 0.3) is 10.9 Å². The fourth-order valence-corrected chi connectivity index (χ4v) is 4.44. The van der Waals surface area contributed by atoms with E-state index in [1.54, 1.807) is 7.11 Å². The van der Waals surface area contributed by atoms with Gasteiger partial charge in [0.25, 0.3) is 0 Å². The van der Waals surface area contributed by atoms with Crippen molar-refractivity contribution in [2.24, 2.45) is 5.73 Å². The first-order chi connectivity index (χ1) is 14.5. The van der Waals surface area contributed by atoms with Crippen LogP contribution in [0.4, 0.5) is 0 Å². The van der Waals surface area contributed by atoms with E-state index in [1.807, 2.05) is 16.7 Å². The summed E-state index contributed by atoms with van der Waals surface area (Å²) in [5.74, 6) is 0.591. The van der Waals surface area contributed by atoms with Crippen LogP contribution < -0.4 is 10.5 Å². The summed E-state index contributed by atoms with van der Waals surface area (Å²) in [5.41, 5.74) is 9.04. The normalized spacial score (nSPS) is 18.0. The highest BCUT2D eigenvalue weighted by molar-refractivity contribution is 5.85. The Morgan fingerprint density at radius 3 is 2.73 bits per heavy atom. The molecule has 6 heteroatoms. The Labute approximate surface area is 177 Å². The minimum atomic E-state index is -0.318. The van der Waals surface area contributed by atoms with Gasteiger partial charge < -0.3 is 15.0 Å². The van der Waals surface area contributed by atoms with Gasteiger partial charge in [-0.05, 0) is 36.2 Å². The zero-order valence-corrected chi connectivity index (χ0v) is 17.8. The molecule has 1 aliphatic rings. The Bertz CT molecular complexity index is 1030. The van der Waals surface area contributed by atoms with Crippen LogP contribution in [0.15, 0.2) is 54.7 Å². The summed E-state index contributed by atoms with van der Waals surface area (Å²) < 4.78 is 7.32. The lowest BCUT2D eigenvalue weighted by molar-refractivity contribution is -0.118. The van der Waals surface area contributed by atoms with Crippen LogP contribution >= 0.6 is 0 Å². The van der Waals surface area contributed by atoms with Crippen molar-refractivity contribution in [3.63, 3.8) is 0 Å². The molecule has 30 heavy (non-hydrogen) atoms. The first-order valence-corrected chi connectivity index (χ1v) is 10.5. The number of ether oxygens (including phenoxy) is 1. The number of para-hydroxylation sites is 1. The number of amides is 1. The molecule has 2 heterocycles. The van der Waals surface area contributed by atoms with E-state index in [0.717, 1.165) is 44.0 Å². The molecule has 1 aliphatic heterocycles. The summed E-state index contributed by atoms with van der Waals surface area (Å²) in [4.78, 5) is 16.5. The molecule has 3 aromatic rings. The number of primary amides is 1. The van der Waals surface area contributed by atoms with Gasteiger partial charge in [-0.15, -0.1) is 0 Å². The molecule has 6 nitrogen and oxygen atoms in total. The quantitative estimate of drug-likeness (QED) is 0.655. The second-order valence-electron chi connectivity index (χ2n) is 8.17. The Hall–Kier alpha value is -2.83. The molecule has 1 amide bonds. The lowest BCUT2D eigenvalue weighted by atomic mass is 10.1. The van der Waals surface area contributed by atoms with Crippen molar-refractivity contribution in [2.75, 3.05) is 26.7 Å². The van der Waals surface area contributed by atoms with Crippen LogP contribution in [0.2, 0.25) is 0 Å². The first kappa shape index (κ1) is 20.4. The van der Waals surface area contributed by atoms with E-state index in [-0.39, 0.29) is 12.5 Å². The number of nitrogens with zero attached hydrogens (tertiary/aromatic N) is 3. The highest BCUT2D eigenvalue weighted by Crippen LogP contribution is 2.25. The van der Waals surface area contributed by atoms with E-state index < -0.39 is 0 Å². The second kappa shape index (κ2) is 8.90. The maximum Gasteiger partial charge on any atom is 0.237 e. The molecular weight excluding hydrogens is 376 g/mol. The van der Waals surface area contributed by atoms with Crippen LogP contribution in [0.1, 0.15) is 18.1 Å². The second-order valence-corrected chi connectivity index (χ2v) is 8.17. The average molecular weight is 407 g/mol. The van der Waals surface area contributed by atoms with E-state index in [1.165, 1.54) is 16.5 Å². The number of nitrogens with two attached hydrogens (primary N) is 1. The maximum absolute atomic E-state index is 11.5. The summed E-state index contributed by atoms with van der Waals surface area (Å²) in [6.45, 7) is 7.39. The SMILES string of the molecule is COc1cccc(CN2CCN(Cc3cn(CC(N)=O)c4ccccc34)[C@@H](C)C2)c1. The molecule has 4 rings (SSSR count). The third kappa shape index (κ3) is 4.50. The summed E-state index contributed by atoms with van der Waals surface area (Å²) in [7, 11) is 1.71. The number of fused-ring (bicyclic) bond motifs is 1. The van der Waals surface area contributed by atoms with Gasteiger partial charge in [-0.3, -0.25) is 14.6 Å². The highest BCUT2D eigenvalue weighted by Gasteiger charge is 2.25. The van der Waals surface area contributed by atoms with Gasteiger partial charge in [0.2, 0.25) is 5.91 Å². The Morgan fingerprint density at radius 1 is 1.13 bits per heavy atom. The number of hydrogen-bond donors (Lipinski definition) is 1. The van der Waals surface area contributed by atoms with Gasteiger partial charge in [0.1, 0.15) is 12.3 Å². The fraction of sp³-hybridized carbons (Fsp3) is 0.375. The predicted octanol–water partition coefficient (Wildman–Crippen LogP) is 2.84. The Morgan fingerprint density at radius 2 is 1.97 bits per heavy atom. The summed E-state index contributed by atoms with van der Waals surface area (Å²) >= 11 is 0. The molecule has 0 aliphatic carbocycles. The molecule has 2 aromatic carbocycles. The molecule has 0 spiro atoms. The third-order valence-corrected chi connectivity index (χ3v) is 5.96. The summed E-state index contributed by atoms with van der Waals surface area (Å²) in [6, 6.07) is 17.0.